The maximum Gasteiger partial charge on any atom is 0.238 e. The number of fused-ring (bicyclic) bond motifs is 1. The van der Waals surface area contributed by atoms with Crippen LogP contribution in [0.4, 0.5) is 0 Å². The third-order valence-electron chi connectivity index (χ3n) is 3.66. The number of imidazole rings is 1. The molecule has 1 amide bonds. The Morgan fingerprint density at radius 2 is 2.55 bits per heavy atom. The van der Waals surface area contributed by atoms with Crippen molar-refractivity contribution in [2.75, 3.05) is 0 Å². The number of nitrogens with one attached hydrogen (secondary N) is 3. The van der Waals surface area contributed by atoms with Crippen molar-refractivity contribution in [3.8, 4) is 0 Å². The van der Waals surface area contributed by atoms with Crippen LogP contribution in [-0.2, 0) is 17.8 Å². The summed E-state index contributed by atoms with van der Waals surface area (Å²) in [7, 11) is 0. The molecule has 2 atom stereocenters. The largest absolute Gasteiger partial charge is 0.347 e. The second-order valence-electron chi connectivity index (χ2n) is 4.95. The summed E-state index contributed by atoms with van der Waals surface area (Å²) in [6.07, 6.45) is 3.23. The standard InChI is InChI=1S/C14H18N4OS/c1-2-9(13-4-3-5-20-13)18-14(19)11-6-10-12(7-15-11)17-8-16-10/h3-5,8-9,11,15H,2,6-7H2,1H3,(H,16,17)(H,18,19). The monoisotopic (exact) mass is 290 g/mol. The summed E-state index contributed by atoms with van der Waals surface area (Å²) in [5.41, 5.74) is 2.08. The minimum Gasteiger partial charge on any atom is -0.347 e. The number of hydrogen-bond donors (Lipinski definition) is 3. The number of carbonyl (C=O) groups is 1. The summed E-state index contributed by atoms with van der Waals surface area (Å²) in [6.45, 7) is 2.76. The number of carbonyl (C=O) groups excluding carboxylic acids is 1. The lowest BCUT2D eigenvalue weighted by Crippen LogP contribution is -2.48. The summed E-state index contributed by atoms with van der Waals surface area (Å²) in [6, 6.07) is 3.99. The van der Waals surface area contributed by atoms with Crippen molar-refractivity contribution in [2.45, 2.75) is 38.4 Å². The highest BCUT2D eigenvalue weighted by Crippen LogP contribution is 2.22. The molecule has 0 saturated heterocycles. The van der Waals surface area contributed by atoms with Crippen molar-refractivity contribution in [1.82, 2.24) is 20.6 Å². The molecule has 0 bridgehead atoms. The molecule has 5 nitrogen and oxygen atoms in total. The van der Waals surface area contributed by atoms with Gasteiger partial charge in [0.05, 0.1) is 29.8 Å². The van der Waals surface area contributed by atoms with E-state index in [0.717, 1.165) is 17.8 Å². The van der Waals surface area contributed by atoms with Gasteiger partial charge < -0.3 is 10.3 Å². The summed E-state index contributed by atoms with van der Waals surface area (Å²) < 4.78 is 0. The Labute approximate surface area is 121 Å². The molecule has 1 aliphatic rings. The minimum absolute atomic E-state index is 0.0545. The van der Waals surface area contributed by atoms with Gasteiger partial charge in [0.15, 0.2) is 0 Å². The molecular weight excluding hydrogens is 272 g/mol. The lowest BCUT2D eigenvalue weighted by Gasteiger charge is -2.24. The van der Waals surface area contributed by atoms with Gasteiger partial charge in [0.1, 0.15) is 0 Å². The van der Waals surface area contributed by atoms with Crippen molar-refractivity contribution < 1.29 is 4.79 Å². The van der Waals surface area contributed by atoms with E-state index in [1.54, 1.807) is 17.7 Å². The minimum atomic E-state index is -0.195. The van der Waals surface area contributed by atoms with Crippen molar-refractivity contribution >= 4 is 17.2 Å². The molecular formula is C14H18N4OS. The molecule has 3 rings (SSSR count). The predicted octanol–water partition coefficient (Wildman–Crippen LogP) is 1.75. The second kappa shape index (κ2) is 5.76. The fourth-order valence-electron chi connectivity index (χ4n) is 2.49. The van der Waals surface area contributed by atoms with E-state index in [1.807, 2.05) is 11.4 Å². The van der Waals surface area contributed by atoms with E-state index < -0.39 is 0 Å². The number of nitrogens with zero attached hydrogens (tertiary/aromatic N) is 1. The van der Waals surface area contributed by atoms with Gasteiger partial charge in [0.25, 0.3) is 0 Å². The molecule has 0 aliphatic carbocycles. The van der Waals surface area contributed by atoms with E-state index in [9.17, 15) is 4.79 Å². The van der Waals surface area contributed by atoms with Gasteiger partial charge in [0, 0.05) is 17.8 Å². The highest BCUT2D eigenvalue weighted by Gasteiger charge is 2.27. The lowest BCUT2D eigenvalue weighted by molar-refractivity contribution is -0.124. The van der Waals surface area contributed by atoms with Gasteiger partial charge in [0.2, 0.25) is 5.91 Å². The Kier molecular flexibility index (Phi) is 3.84. The van der Waals surface area contributed by atoms with Crippen LogP contribution in [0.25, 0.3) is 0 Å². The van der Waals surface area contributed by atoms with Gasteiger partial charge in [-0.3, -0.25) is 10.1 Å². The first kappa shape index (κ1) is 13.3. The van der Waals surface area contributed by atoms with Crippen LogP contribution in [0.2, 0.25) is 0 Å². The second-order valence-corrected chi connectivity index (χ2v) is 5.93. The Morgan fingerprint density at radius 1 is 1.65 bits per heavy atom. The molecule has 106 valence electrons. The molecule has 3 N–H and O–H groups in total. The molecule has 0 fully saturated rings. The predicted molar refractivity (Wildman–Crippen MR) is 78.4 cm³/mol. The fraction of sp³-hybridized carbons (Fsp3) is 0.429. The summed E-state index contributed by atoms with van der Waals surface area (Å²) in [5.74, 6) is 0.0545. The zero-order valence-electron chi connectivity index (χ0n) is 11.3. The maximum atomic E-state index is 12.4. The normalized spacial score (nSPS) is 19.4. The molecule has 20 heavy (non-hydrogen) atoms. The van der Waals surface area contributed by atoms with Crippen molar-refractivity contribution in [2.24, 2.45) is 0 Å². The van der Waals surface area contributed by atoms with E-state index in [-0.39, 0.29) is 18.0 Å². The molecule has 0 spiro atoms. The fourth-order valence-corrected chi connectivity index (χ4v) is 3.35. The number of hydrogen-bond acceptors (Lipinski definition) is 4. The zero-order chi connectivity index (χ0) is 13.9. The SMILES string of the molecule is CCC(NC(=O)C1Cc2nc[nH]c2CN1)c1cccs1. The Morgan fingerprint density at radius 3 is 3.30 bits per heavy atom. The number of aromatic nitrogens is 2. The molecule has 6 heteroatoms. The van der Waals surface area contributed by atoms with Crippen LogP contribution in [0.15, 0.2) is 23.8 Å². The van der Waals surface area contributed by atoms with Crippen molar-refractivity contribution in [3.05, 3.63) is 40.1 Å². The third kappa shape index (κ3) is 2.62. The molecule has 0 saturated carbocycles. The lowest BCUT2D eigenvalue weighted by atomic mass is 10.0. The number of aromatic amines is 1. The number of thiophene rings is 1. The summed E-state index contributed by atoms with van der Waals surface area (Å²) in [4.78, 5) is 20.9. The molecule has 2 aromatic heterocycles. The van der Waals surface area contributed by atoms with Crippen LogP contribution in [-0.4, -0.2) is 21.9 Å². The highest BCUT2D eigenvalue weighted by molar-refractivity contribution is 7.10. The van der Waals surface area contributed by atoms with E-state index in [2.05, 4.69) is 33.6 Å². The maximum absolute atomic E-state index is 12.4. The number of H-pyrrole nitrogens is 1. The molecule has 2 aromatic rings. The van der Waals surface area contributed by atoms with E-state index in [0.29, 0.717) is 13.0 Å². The topological polar surface area (TPSA) is 69.8 Å². The van der Waals surface area contributed by atoms with Gasteiger partial charge in [-0.15, -0.1) is 11.3 Å². The average Bonchev–Trinajstić information content (AvgIpc) is 3.14. The first-order chi connectivity index (χ1) is 9.78. The van der Waals surface area contributed by atoms with Crippen LogP contribution >= 0.6 is 11.3 Å². The van der Waals surface area contributed by atoms with Gasteiger partial charge in [-0.1, -0.05) is 13.0 Å². The number of rotatable bonds is 4. The van der Waals surface area contributed by atoms with E-state index >= 15 is 0 Å². The first-order valence-corrected chi connectivity index (χ1v) is 7.74. The molecule has 2 unspecified atom stereocenters. The van der Waals surface area contributed by atoms with E-state index in [4.69, 9.17) is 0 Å². The smallest absolute Gasteiger partial charge is 0.238 e. The van der Waals surface area contributed by atoms with E-state index in [1.165, 1.54) is 4.88 Å². The summed E-state index contributed by atoms with van der Waals surface area (Å²) >= 11 is 1.68. The van der Waals surface area contributed by atoms with Crippen LogP contribution in [0.3, 0.4) is 0 Å². The third-order valence-corrected chi connectivity index (χ3v) is 4.64. The Hall–Kier alpha value is -1.66. The zero-order valence-corrected chi connectivity index (χ0v) is 12.2. The summed E-state index contributed by atoms with van der Waals surface area (Å²) in [5, 5.41) is 8.43. The molecule has 0 radical (unpaired) electrons. The first-order valence-electron chi connectivity index (χ1n) is 6.86. The van der Waals surface area contributed by atoms with Gasteiger partial charge in [-0.2, -0.15) is 0 Å². The van der Waals surface area contributed by atoms with Crippen molar-refractivity contribution in [1.29, 1.82) is 0 Å². The van der Waals surface area contributed by atoms with Crippen LogP contribution in [0.1, 0.15) is 35.7 Å². The average molecular weight is 290 g/mol. The van der Waals surface area contributed by atoms with Gasteiger partial charge in [-0.25, -0.2) is 4.98 Å². The van der Waals surface area contributed by atoms with Crippen molar-refractivity contribution in [3.63, 3.8) is 0 Å². The Balaban J connectivity index is 1.65. The van der Waals surface area contributed by atoms with Crippen LogP contribution in [0.5, 0.6) is 0 Å². The highest BCUT2D eigenvalue weighted by atomic mass is 32.1. The molecule has 3 heterocycles. The van der Waals surface area contributed by atoms with Crippen LogP contribution in [0, 0.1) is 0 Å². The molecule has 0 aromatic carbocycles. The quantitative estimate of drug-likeness (QED) is 0.803. The van der Waals surface area contributed by atoms with Crippen LogP contribution < -0.4 is 10.6 Å². The van der Waals surface area contributed by atoms with Gasteiger partial charge in [-0.05, 0) is 17.9 Å². The van der Waals surface area contributed by atoms with Gasteiger partial charge >= 0.3 is 0 Å². The number of amides is 1. The molecule has 1 aliphatic heterocycles. The Bertz CT molecular complexity index is 578.